The van der Waals surface area contributed by atoms with Crippen molar-refractivity contribution in [1.29, 1.82) is 0 Å². The minimum Gasteiger partial charge on any atom is -0.733 e. The SMILES string of the molecule is Cc1ccc(N([O-])Oc2ccc(N([O-])OC3CCOC4COC(c5ccc(ON([O-])c6ccc(OON)cc6)cc5)OC43)cc2)cc1. The van der Waals surface area contributed by atoms with Gasteiger partial charge in [0.1, 0.15) is 18.3 Å². The van der Waals surface area contributed by atoms with Crippen LogP contribution >= 0.6 is 0 Å². The predicted octanol–water partition coefficient (Wildman–Crippen LogP) is 5.28. The monoisotopic (exact) mass is 647 g/mol. The first-order chi connectivity index (χ1) is 22.9. The Morgan fingerprint density at radius 1 is 0.681 bits per heavy atom. The molecule has 2 aliphatic rings. The Kier molecular flexibility index (Phi) is 10.2. The first kappa shape index (κ1) is 32.3. The largest absolute Gasteiger partial charge is 0.733 e. The van der Waals surface area contributed by atoms with Gasteiger partial charge in [-0.3, -0.25) is 15.3 Å². The molecular formula is C32H31N4O11-3. The lowest BCUT2D eigenvalue weighted by Crippen LogP contribution is -2.54. The summed E-state index contributed by atoms with van der Waals surface area (Å²) in [5.41, 5.74) is 2.44. The second kappa shape index (κ2) is 14.8. The smallest absolute Gasteiger partial charge is 0.184 e. The number of benzene rings is 4. The number of anilines is 3. The van der Waals surface area contributed by atoms with Crippen molar-refractivity contribution in [3.8, 4) is 17.2 Å². The van der Waals surface area contributed by atoms with E-state index in [1.165, 1.54) is 48.5 Å². The van der Waals surface area contributed by atoms with Gasteiger partial charge in [-0.2, -0.15) is 5.90 Å². The second-order valence-corrected chi connectivity index (χ2v) is 10.6. The van der Waals surface area contributed by atoms with Crippen molar-refractivity contribution < 1.29 is 38.6 Å². The van der Waals surface area contributed by atoms with E-state index in [-0.39, 0.29) is 29.5 Å². The second-order valence-electron chi connectivity index (χ2n) is 10.6. The van der Waals surface area contributed by atoms with Crippen molar-refractivity contribution in [2.75, 3.05) is 28.9 Å². The van der Waals surface area contributed by atoms with Crippen LogP contribution in [0.15, 0.2) is 97.1 Å². The average Bonchev–Trinajstić information content (AvgIpc) is 3.09. The Balaban J connectivity index is 1.03. The van der Waals surface area contributed by atoms with Gasteiger partial charge in [-0.1, -0.05) is 34.8 Å². The topological polar surface area (TPSA) is 179 Å². The van der Waals surface area contributed by atoms with Crippen molar-refractivity contribution in [3.05, 3.63) is 124 Å². The quantitative estimate of drug-likeness (QED) is 0.155. The summed E-state index contributed by atoms with van der Waals surface area (Å²) in [5, 5.41) is 38.9. The van der Waals surface area contributed by atoms with E-state index < -0.39 is 24.6 Å². The molecule has 0 aliphatic carbocycles. The zero-order valence-electron chi connectivity index (χ0n) is 25.1. The van der Waals surface area contributed by atoms with Gasteiger partial charge in [0.25, 0.3) is 0 Å². The third-order valence-electron chi connectivity index (χ3n) is 7.40. The summed E-state index contributed by atoms with van der Waals surface area (Å²) >= 11 is 0. The molecule has 4 atom stereocenters. The van der Waals surface area contributed by atoms with Gasteiger partial charge in [0.05, 0.1) is 23.7 Å². The predicted molar refractivity (Wildman–Crippen MR) is 168 cm³/mol. The van der Waals surface area contributed by atoms with Crippen molar-refractivity contribution >= 4 is 17.1 Å². The third-order valence-corrected chi connectivity index (χ3v) is 7.40. The average molecular weight is 648 g/mol. The molecule has 6 rings (SSSR count). The molecule has 0 saturated carbocycles. The summed E-state index contributed by atoms with van der Waals surface area (Å²) < 4.78 is 17.9. The number of ether oxygens (including phenoxy) is 3. The number of rotatable bonds is 12. The molecule has 15 heteroatoms. The molecule has 0 bridgehead atoms. The van der Waals surface area contributed by atoms with E-state index in [1.807, 2.05) is 6.92 Å². The number of aryl methyl sites for hydroxylation is 1. The van der Waals surface area contributed by atoms with Crippen LogP contribution in [0.5, 0.6) is 17.2 Å². The highest BCUT2D eigenvalue weighted by molar-refractivity contribution is 5.50. The van der Waals surface area contributed by atoms with Crippen LogP contribution in [0.1, 0.15) is 23.8 Å². The van der Waals surface area contributed by atoms with Crippen molar-refractivity contribution in [3.63, 3.8) is 0 Å². The van der Waals surface area contributed by atoms with Gasteiger partial charge in [-0.25, -0.2) is 0 Å². The van der Waals surface area contributed by atoms with E-state index in [9.17, 15) is 15.6 Å². The minimum absolute atomic E-state index is 0.202. The number of nitrogens with two attached hydrogens (primary N) is 1. The maximum atomic E-state index is 13.0. The van der Waals surface area contributed by atoms with Crippen LogP contribution in [0.25, 0.3) is 0 Å². The maximum absolute atomic E-state index is 13.0. The Morgan fingerprint density at radius 2 is 1.21 bits per heavy atom. The van der Waals surface area contributed by atoms with Gasteiger partial charge in [0.15, 0.2) is 23.5 Å². The molecule has 0 aromatic heterocycles. The summed E-state index contributed by atoms with van der Waals surface area (Å²) in [4.78, 5) is 25.3. The lowest BCUT2D eigenvalue weighted by atomic mass is 10.0. The standard InChI is InChI=1S/C32H31N4O11/c1-21-2-6-23(7-3-21)34(37)44-27-14-8-25(9-15-27)36(39)45-29-18-19-40-30-20-41-32(42-31(29)30)22-4-12-26(13-5-22)43-35(38)24-10-16-28(17-11-24)46-47-33/h2-17,29-32H,18-20,33H2,1H3/q-3. The van der Waals surface area contributed by atoms with Gasteiger partial charge >= 0.3 is 0 Å². The summed E-state index contributed by atoms with van der Waals surface area (Å²) in [6, 6.07) is 25.4. The number of hydrogen-bond acceptors (Lipinski definition) is 15. The summed E-state index contributed by atoms with van der Waals surface area (Å²) in [7, 11) is 0. The van der Waals surface area contributed by atoms with Gasteiger partial charge in [0, 0.05) is 18.6 Å². The Labute approximate surface area is 269 Å². The zero-order chi connectivity index (χ0) is 32.8. The molecule has 0 amide bonds. The first-order valence-corrected chi connectivity index (χ1v) is 14.6. The summed E-state index contributed by atoms with van der Waals surface area (Å²) in [6.45, 7) is 2.49. The lowest BCUT2D eigenvalue weighted by molar-refractivity contribution is -0.303. The molecular weight excluding hydrogens is 616 g/mol. The molecule has 47 heavy (non-hydrogen) atoms. The Bertz CT molecular complexity index is 1560. The molecule has 0 radical (unpaired) electrons. The van der Waals surface area contributed by atoms with Crippen molar-refractivity contribution in [2.24, 2.45) is 5.90 Å². The summed E-state index contributed by atoms with van der Waals surface area (Å²) in [5.74, 6) is 5.71. The van der Waals surface area contributed by atoms with E-state index in [0.717, 1.165) is 5.56 Å². The fourth-order valence-corrected chi connectivity index (χ4v) is 4.94. The highest BCUT2D eigenvalue weighted by atomic mass is 17.3. The van der Waals surface area contributed by atoms with Crippen LogP contribution < -0.4 is 36.1 Å². The first-order valence-electron chi connectivity index (χ1n) is 14.6. The van der Waals surface area contributed by atoms with Crippen molar-refractivity contribution in [1.82, 2.24) is 0 Å². The normalized spacial score (nSPS) is 20.5. The Hall–Kier alpha value is -4.68. The van der Waals surface area contributed by atoms with Crippen LogP contribution in [0, 0.1) is 22.5 Å². The maximum Gasteiger partial charge on any atom is 0.184 e. The van der Waals surface area contributed by atoms with Crippen LogP contribution in [0.4, 0.5) is 17.1 Å². The van der Waals surface area contributed by atoms with Gasteiger partial charge in [-0.05, 0) is 79.7 Å². The number of nitrogens with zero attached hydrogens (tertiary/aromatic N) is 3. The molecule has 15 nitrogen and oxygen atoms in total. The molecule has 2 heterocycles. The van der Waals surface area contributed by atoms with Gasteiger partial charge < -0.3 is 49.6 Å². The summed E-state index contributed by atoms with van der Waals surface area (Å²) in [6.07, 6.45) is -2.04. The molecule has 4 unspecified atom stereocenters. The third kappa shape index (κ3) is 8.01. The molecule has 0 spiro atoms. The lowest BCUT2D eigenvalue weighted by Gasteiger charge is -2.45. The number of fused-ring (bicyclic) bond motifs is 1. The Morgan fingerprint density at radius 3 is 1.81 bits per heavy atom. The van der Waals surface area contributed by atoms with Crippen LogP contribution in [0.3, 0.4) is 0 Å². The molecule has 2 fully saturated rings. The van der Waals surface area contributed by atoms with Gasteiger partial charge in [-0.15, -0.1) is 0 Å². The van der Waals surface area contributed by atoms with Crippen LogP contribution in [-0.2, 0) is 24.0 Å². The van der Waals surface area contributed by atoms with E-state index in [0.29, 0.717) is 45.7 Å². The molecule has 4 aromatic rings. The minimum atomic E-state index is -0.779. The molecule has 4 aromatic carbocycles. The highest BCUT2D eigenvalue weighted by Crippen LogP contribution is 2.35. The van der Waals surface area contributed by atoms with Gasteiger partial charge in [0.2, 0.25) is 0 Å². The molecule has 2 N–H and O–H groups in total. The van der Waals surface area contributed by atoms with E-state index >= 15 is 0 Å². The highest BCUT2D eigenvalue weighted by Gasteiger charge is 2.42. The molecule has 248 valence electrons. The van der Waals surface area contributed by atoms with Crippen LogP contribution in [-0.4, -0.2) is 31.5 Å². The zero-order valence-corrected chi connectivity index (χ0v) is 25.1. The van der Waals surface area contributed by atoms with E-state index in [4.69, 9.17) is 34.6 Å². The fourth-order valence-electron chi connectivity index (χ4n) is 4.94. The molecule has 2 saturated heterocycles. The van der Waals surface area contributed by atoms with Crippen molar-refractivity contribution in [2.45, 2.75) is 37.9 Å². The van der Waals surface area contributed by atoms with E-state index in [1.54, 1.807) is 48.5 Å². The number of hydrogen-bond donors (Lipinski definition) is 1. The molecule has 2 aliphatic heterocycles. The van der Waals surface area contributed by atoms with Crippen LogP contribution in [0.2, 0.25) is 0 Å². The fraction of sp³-hybridized carbons (Fsp3) is 0.250. The van der Waals surface area contributed by atoms with E-state index in [2.05, 4.69) is 9.88 Å².